The first-order valence-corrected chi connectivity index (χ1v) is 6.73. The Bertz CT molecular complexity index is 266. The van der Waals surface area contributed by atoms with Gasteiger partial charge < -0.3 is 5.11 Å². The van der Waals surface area contributed by atoms with Gasteiger partial charge in [-0.3, -0.25) is 0 Å². The Morgan fingerprint density at radius 3 is 3.00 bits per heavy atom. The lowest BCUT2D eigenvalue weighted by atomic mass is 10.1. The molecule has 2 unspecified atom stereocenters. The zero-order valence-corrected chi connectivity index (χ0v) is 9.56. The van der Waals surface area contributed by atoms with E-state index in [2.05, 4.69) is 10.2 Å². The molecule has 1 N–H and O–H groups in total. The topological polar surface area (TPSA) is 46.0 Å². The van der Waals surface area contributed by atoms with Crippen LogP contribution in [0, 0.1) is 0 Å². The van der Waals surface area contributed by atoms with Crippen LogP contribution in [0.25, 0.3) is 0 Å². The predicted molar refractivity (Wildman–Crippen MR) is 58.6 cm³/mol. The molecule has 1 aliphatic rings. The fourth-order valence-electron chi connectivity index (χ4n) is 1.74. The highest BCUT2D eigenvalue weighted by atomic mass is 32.2. The van der Waals surface area contributed by atoms with Gasteiger partial charge in [-0.05, 0) is 12.8 Å². The van der Waals surface area contributed by atoms with Crippen molar-refractivity contribution in [2.75, 3.05) is 0 Å². The molecule has 1 heterocycles. The van der Waals surface area contributed by atoms with Gasteiger partial charge in [0.05, 0.1) is 6.10 Å². The summed E-state index contributed by atoms with van der Waals surface area (Å²) in [5.74, 6) is 0. The van der Waals surface area contributed by atoms with Crippen LogP contribution < -0.4 is 0 Å². The van der Waals surface area contributed by atoms with Gasteiger partial charge in [0.25, 0.3) is 0 Å². The molecule has 1 aromatic heterocycles. The van der Waals surface area contributed by atoms with Gasteiger partial charge in [-0.1, -0.05) is 42.4 Å². The van der Waals surface area contributed by atoms with Crippen LogP contribution in [-0.2, 0) is 0 Å². The Labute approximate surface area is 91.9 Å². The van der Waals surface area contributed by atoms with Gasteiger partial charge in [0, 0.05) is 5.25 Å². The maximum atomic E-state index is 9.88. The van der Waals surface area contributed by atoms with Gasteiger partial charge >= 0.3 is 0 Å². The van der Waals surface area contributed by atoms with E-state index in [1.165, 1.54) is 12.8 Å². The molecule has 5 heteroatoms. The lowest BCUT2D eigenvalue weighted by Crippen LogP contribution is -2.21. The van der Waals surface area contributed by atoms with Crippen LogP contribution in [-0.4, -0.2) is 26.7 Å². The van der Waals surface area contributed by atoms with Crippen LogP contribution in [0.4, 0.5) is 0 Å². The summed E-state index contributed by atoms with van der Waals surface area (Å²) in [5, 5.41) is 18.0. The smallest absolute Gasteiger partial charge is 0.174 e. The lowest BCUT2D eigenvalue weighted by Gasteiger charge is -2.17. The SMILES string of the molecule is OC1CCCCCC1Sc1nncs1. The second-order valence-electron chi connectivity index (χ2n) is 3.57. The van der Waals surface area contributed by atoms with E-state index in [1.54, 1.807) is 28.6 Å². The predicted octanol–water partition coefficient (Wildman–Crippen LogP) is 2.32. The summed E-state index contributed by atoms with van der Waals surface area (Å²) < 4.78 is 0.982. The number of thioether (sulfide) groups is 1. The van der Waals surface area contributed by atoms with Crippen molar-refractivity contribution in [1.82, 2.24) is 10.2 Å². The molecule has 1 aromatic rings. The monoisotopic (exact) mass is 230 g/mol. The molecular formula is C9H14N2OS2. The molecule has 2 atom stereocenters. The first-order chi connectivity index (χ1) is 6.86. The number of nitrogens with zero attached hydrogens (tertiary/aromatic N) is 2. The quantitative estimate of drug-likeness (QED) is 0.792. The Kier molecular flexibility index (Phi) is 3.78. The molecule has 14 heavy (non-hydrogen) atoms. The summed E-state index contributed by atoms with van der Waals surface area (Å²) in [6, 6.07) is 0. The summed E-state index contributed by atoms with van der Waals surface area (Å²) in [6.45, 7) is 0. The van der Waals surface area contributed by atoms with Crippen molar-refractivity contribution in [1.29, 1.82) is 0 Å². The van der Waals surface area contributed by atoms with E-state index in [9.17, 15) is 5.11 Å². The minimum absolute atomic E-state index is 0.161. The zero-order chi connectivity index (χ0) is 9.80. The molecule has 1 fully saturated rings. The second kappa shape index (κ2) is 5.09. The van der Waals surface area contributed by atoms with E-state index in [0.717, 1.165) is 23.6 Å². The Balaban J connectivity index is 1.94. The van der Waals surface area contributed by atoms with Crippen LogP contribution in [0.3, 0.4) is 0 Å². The molecule has 0 radical (unpaired) electrons. The van der Waals surface area contributed by atoms with Crippen molar-refractivity contribution in [3.8, 4) is 0 Å². The summed E-state index contributed by atoms with van der Waals surface area (Å²) in [5.41, 5.74) is 1.74. The molecule has 0 spiro atoms. The van der Waals surface area contributed by atoms with Gasteiger partial charge in [-0.2, -0.15) is 0 Å². The standard InChI is InChI=1S/C9H14N2OS2/c12-7-4-2-1-3-5-8(7)14-9-11-10-6-13-9/h6-8,12H,1-5H2. The largest absolute Gasteiger partial charge is 0.392 e. The van der Waals surface area contributed by atoms with Crippen molar-refractivity contribution in [2.45, 2.75) is 47.8 Å². The highest BCUT2D eigenvalue weighted by molar-refractivity contribution is 8.01. The third-order valence-corrected chi connectivity index (χ3v) is 4.71. The van der Waals surface area contributed by atoms with E-state index in [0.29, 0.717) is 5.25 Å². The molecule has 0 bridgehead atoms. The molecule has 1 saturated carbocycles. The minimum Gasteiger partial charge on any atom is -0.392 e. The van der Waals surface area contributed by atoms with Crippen molar-refractivity contribution in [3.63, 3.8) is 0 Å². The zero-order valence-electron chi connectivity index (χ0n) is 7.93. The number of aliphatic hydroxyl groups is 1. The summed E-state index contributed by atoms with van der Waals surface area (Å²) >= 11 is 3.24. The highest BCUT2D eigenvalue weighted by Crippen LogP contribution is 2.33. The average molecular weight is 230 g/mol. The summed E-state index contributed by atoms with van der Waals surface area (Å²) in [6.07, 6.45) is 5.53. The van der Waals surface area contributed by atoms with Crippen LogP contribution >= 0.6 is 23.1 Å². The number of hydrogen-bond donors (Lipinski definition) is 1. The van der Waals surface area contributed by atoms with Gasteiger partial charge in [-0.15, -0.1) is 10.2 Å². The van der Waals surface area contributed by atoms with E-state index in [-0.39, 0.29) is 6.10 Å². The van der Waals surface area contributed by atoms with Gasteiger partial charge in [0.1, 0.15) is 5.51 Å². The maximum Gasteiger partial charge on any atom is 0.174 e. The number of hydrogen-bond acceptors (Lipinski definition) is 5. The molecule has 0 saturated heterocycles. The van der Waals surface area contributed by atoms with Crippen molar-refractivity contribution < 1.29 is 5.11 Å². The third-order valence-electron chi connectivity index (χ3n) is 2.51. The van der Waals surface area contributed by atoms with Crippen LogP contribution in [0.15, 0.2) is 9.85 Å². The van der Waals surface area contributed by atoms with E-state index in [1.807, 2.05) is 0 Å². The molecular weight excluding hydrogens is 216 g/mol. The number of aliphatic hydroxyl groups excluding tert-OH is 1. The fraction of sp³-hybridized carbons (Fsp3) is 0.778. The lowest BCUT2D eigenvalue weighted by molar-refractivity contribution is 0.163. The number of aromatic nitrogens is 2. The molecule has 0 aromatic carbocycles. The van der Waals surface area contributed by atoms with Gasteiger partial charge in [0.15, 0.2) is 4.34 Å². The molecule has 3 nitrogen and oxygen atoms in total. The van der Waals surface area contributed by atoms with Crippen molar-refractivity contribution in [3.05, 3.63) is 5.51 Å². The minimum atomic E-state index is -0.161. The van der Waals surface area contributed by atoms with E-state index in [4.69, 9.17) is 0 Å². The van der Waals surface area contributed by atoms with Crippen LogP contribution in [0.5, 0.6) is 0 Å². The maximum absolute atomic E-state index is 9.88. The van der Waals surface area contributed by atoms with Gasteiger partial charge in [0.2, 0.25) is 0 Å². The normalized spacial score (nSPS) is 28.6. The second-order valence-corrected chi connectivity index (χ2v) is 5.89. The summed E-state index contributed by atoms with van der Waals surface area (Å²) in [4.78, 5) is 0. The van der Waals surface area contributed by atoms with E-state index >= 15 is 0 Å². The van der Waals surface area contributed by atoms with Crippen LogP contribution in [0.2, 0.25) is 0 Å². The van der Waals surface area contributed by atoms with Crippen LogP contribution in [0.1, 0.15) is 32.1 Å². The Hall–Kier alpha value is -0.130. The molecule has 0 amide bonds. The molecule has 1 aliphatic carbocycles. The Morgan fingerprint density at radius 1 is 1.36 bits per heavy atom. The molecule has 2 rings (SSSR count). The van der Waals surface area contributed by atoms with Crippen molar-refractivity contribution in [2.24, 2.45) is 0 Å². The fourth-order valence-corrected chi connectivity index (χ4v) is 3.67. The summed E-state index contributed by atoms with van der Waals surface area (Å²) in [7, 11) is 0. The first-order valence-electron chi connectivity index (χ1n) is 4.97. The number of rotatable bonds is 2. The highest BCUT2D eigenvalue weighted by Gasteiger charge is 2.23. The van der Waals surface area contributed by atoms with Gasteiger partial charge in [-0.25, -0.2) is 0 Å². The molecule has 0 aliphatic heterocycles. The third kappa shape index (κ3) is 2.68. The Morgan fingerprint density at radius 2 is 2.21 bits per heavy atom. The molecule has 78 valence electrons. The van der Waals surface area contributed by atoms with E-state index < -0.39 is 0 Å². The first kappa shape index (κ1) is 10.4. The average Bonchev–Trinajstić information content (AvgIpc) is 2.60. The van der Waals surface area contributed by atoms with Crippen molar-refractivity contribution >= 4 is 23.1 Å².